The van der Waals surface area contributed by atoms with E-state index in [-0.39, 0.29) is 5.78 Å². The Bertz CT molecular complexity index is 671. The minimum atomic E-state index is 0.190. The van der Waals surface area contributed by atoms with Crippen molar-refractivity contribution in [1.82, 2.24) is 9.47 Å². The Kier molecular flexibility index (Phi) is 5.61. The van der Waals surface area contributed by atoms with Gasteiger partial charge in [0, 0.05) is 28.3 Å². The van der Waals surface area contributed by atoms with Crippen LogP contribution < -0.4 is 5.73 Å². The van der Waals surface area contributed by atoms with Gasteiger partial charge in [0.1, 0.15) is 0 Å². The zero-order valence-electron chi connectivity index (χ0n) is 14.6. The minimum absolute atomic E-state index is 0.190. The normalized spacial score (nSPS) is 11.2. The molecule has 23 heavy (non-hydrogen) atoms. The lowest BCUT2D eigenvalue weighted by molar-refractivity contribution is 0.0933. The smallest absolute Gasteiger partial charge is 0.178 e. The Morgan fingerprint density at radius 2 is 1.83 bits per heavy atom. The van der Waals surface area contributed by atoms with E-state index in [9.17, 15) is 4.79 Å². The number of carbonyl (C=O) groups excluding carboxylic acids is 1. The van der Waals surface area contributed by atoms with Gasteiger partial charge in [-0.25, -0.2) is 0 Å². The summed E-state index contributed by atoms with van der Waals surface area (Å²) in [5.74, 6) is 0.190. The van der Waals surface area contributed by atoms with E-state index >= 15 is 0 Å². The standard InChI is InChI=1S/C19H27N3O/c1-5-11-21(6-2)13-19(23)18-12-14(3)22(15(18)4)17-9-7-16(20)8-10-17/h7-10,12H,5-6,11,13,20H2,1-4H3. The summed E-state index contributed by atoms with van der Waals surface area (Å²) in [5, 5.41) is 0. The Hall–Kier alpha value is -2.07. The van der Waals surface area contributed by atoms with Crippen LogP contribution in [0, 0.1) is 13.8 Å². The van der Waals surface area contributed by atoms with Crippen LogP contribution >= 0.6 is 0 Å². The second-order valence-electron chi connectivity index (χ2n) is 6.00. The number of aromatic nitrogens is 1. The summed E-state index contributed by atoms with van der Waals surface area (Å²) in [6.45, 7) is 10.6. The van der Waals surface area contributed by atoms with Crippen LogP contribution in [0.5, 0.6) is 0 Å². The van der Waals surface area contributed by atoms with Crippen molar-refractivity contribution in [2.75, 3.05) is 25.4 Å². The molecule has 0 radical (unpaired) electrons. The molecule has 0 spiro atoms. The first-order valence-electron chi connectivity index (χ1n) is 8.28. The first-order valence-corrected chi connectivity index (χ1v) is 8.28. The van der Waals surface area contributed by atoms with Crippen molar-refractivity contribution in [2.45, 2.75) is 34.1 Å². The van der Waals surface area contributed by atoms with Crippen LogP contribution in [0.3, 0.4) is 0 Å². The van der Waals surface area contributed by atoms with E-state index in [1.165, 1.54) is 0 Å². The Morgan fingerprint density at radius 1 is 1.17 bits per heavy atom. The van der Waals surface area contributed by atoms with Crippen LogP contribution in [0.25, 0.3) is 5.69 Å². The second-order valence-corrected chi connectivity index (χ2v) is 6.00. The van der Waals surface area contributed by atoms with Gasteiger partial charge < -0.3 is 10.3 Å². The van der Waals surface area contributed by atoms with Crippen LogP contribution in [0.4, 0.5) is 5.69 Å². The number of nitrogens with zero attached hydrogens (tertiary/aromatic N) is 2. The predicted molar refractivity (Wildman–Crippen MR) is 96.4 cm³/mol. The van der Waals surface area contributed by atoms with Crippen molar-refractivity contribution < 1.29 is 4.79 Å². The first-order chi connectivity index (χ1) is 11.0. The SMILES string of the molecule is CCCN(CC)CC(=O)c1cc(C)n(-c2ccc(N)cc2)c1C. The van der Waals surface area contributed by atoms with Crippen LogP contribution in [0.2, 0.25) is 0 Å². The lowest BCUT2D eigenvalue weighted by atomic mass is 10.1. The third-order valence-corrected chi connectivity index (χ3v) is 4.24. The van der Waals surface area contributed by atoms with Crippen molar-refractivity contribution in [3.05, 3.63) is 47.3 Å². The average Bonchev–Trinajstić information content (AvgIpc) is 2.83. The van der Waals surface area contributed by atoms with Crippen molar-refractivity contribution in [3.63, 3.8) is 0 Å². The topological polar surface area (TPSA) is 51.3 Å². The number of ketones is 1. The number of benzene rings is 1. The molecule has 2 aromatic rings. The number of rotatable bonds is 7. The van der Waals surface area contributed by atoms with Crippen molar-refractivity contribution in [2.24, 2.45) is 0 Å². The molecule has 1 heterocycles. The fourth-order valence-electron chi connectivity index (χ4n) is 3.02. The van der Waals surface area contributed by atoms with E-state index in [1.54, 1.807) is 0 Å². The summed E-state index contributed by atoms with van der Waals surface area (Å²) in [6, 6.07) is 9.73. The fourth-order valence-corrected chi connectivity index (χ4v) is 3.02. The molecule has 0 aliphatic rings. The minimum Gasteiger partial charge on any atom is -0.399 e. The highest BCUT2D eigenvalue weighted by molar-refractivity contribution is 5.99. The molecule has 1 aromatic heterocycles. The van der Waals surface area contributed by atoms with E-state index in [1.807, 2.05) is 44.2 Å². The number of carbonyl (C=O) groups is 1. The van der Waals surface area contributed by atoms with Crippen LogP contribution in [-0.4, -0.2) is 34.9 Å². The summed E-state index contributed by atoms with van der Waals surface area (Å²) >= 11 is 0. The molecule has 2 rings (SSSR count). The van der Waals surface area contributed by atoms with E-state index in [2.05, 4.69) is 23.3 Å². The number of anilines is 1. The molecular weight excluding hydrogens is 286 g/mol. The monoisotopic (exact) mass is 313 g/mol. The van der Waals surface area contributed by atoms with E-state index in [0.29, 0.717) is 6.54 Å². The molecule has 0 fully saturated rings. The number of nitrogens with two attached hydrogens (primary N) is 1. The third-order valence-electron chi connectivity index (χ3n) is 4.24. The van der Waals surface area contributed by atoms with Gasteiger partial charge in [0.15, 0.2) is 5.78 Å². The largest absolute Gasteiger partial charge is 0.399 e. The summed E-state index contributed by atoms with van der Waals surface area (Å²) in [7, 11) is 0. The van der Waals surface area contributed by atoms with Crippen LogP contribution in [-0.2, 0) is 0 Å². The number of aryl methyl sites for hydroxylation is 1. The van der Waals surface area contributed by atoms with E-state index in [0.717, 1.165) is 47.8 Å². The molecule has 2 N–H and O–H groups in total. The molecule has 0 aliphatic heterocycles. The van der Waals surface area contributed by atoms with Gasteiger partial charge >= 0.3 is 0 Å². The number of nitrogen functional groups attached to an aromatic ring is 1. The second kappa shape index (κ2) is 7.47. The van der Waals surface area contributed by atoms with Gasteiger partial charge in [0.05, 0.1) is 6.54 Å². The van der Waals surface area contributed by atoms with Gasteiger partial charge in [-0.05, 0) is 63.7 Å². The van der Waals surface area contributed by atoms with Gasteiger partial charge in [0.2, 0.25) is 0 Å². The molecule has 0 saturated carbocycles. The fraction of sp³-hybridized carbons (Fsp3) is 0.421. The molecule has 0 unspecified atom stereocenters. The third kappa shape index (κ3) is 3.82. The maximum Gasteiger partial charge on any atom is 0.178 e. The highest BCUT2D eigenvalue weighted by atomic mass is 16.1. The molecule has 0 amide bonds. The van der Waals surface area contributed by atoms with E-state index in [4.69, 9.17) is 5.73 Å². The quantitative estimate of drug-likeness (QED) is 0.628. The van der Waals surface area contributed by atoms with Crippen molar-refractivity contribution >= 4 is 11.5 Å². The average molecular weight is 313 g/mol. The summed E-state index contributed by atoms with van der Waals surface area (Å²) in [4.78, 5) is 14.9. The number of hydrogen-bond donors (Lipinski definition) is 1. The van der Waals surface area contributed by atoms with Gasteiger partial charge in [0.25, 0.3) is 0 Å². The number of hydrogen-bond acceptors (Lipinski definition) is 3. The Balaban J connectivity index is 2.30. The van der Waals surface area contributed by atoms with Crippen molar-refractivity contribution in [3.8, 4) is 5.69 Å². The number of Topliss-reactive ketones (excluding diaryl/α,β-unsaturated/α-hetero) is 1. The Morgan fingerprint density at radius 3 is 2.39 bits per heavy atom. The highest BCUT2D eigenvalue weighted by Gasteiger charge is 2.18. The molecule has 4 nitrogen and oxygen atoms in total. The highest BCUT2D eigenvalue weighted by Crippen LogP contribution is 2.22. The lowest BCUT2D eigenvalue weighted by Gasteiger charge is -2.18. The molecule has 124 valence electrons. The summed E-state index contributed by atoms with van der Waals surface area (Å²) < 4.78 is 2.11. The van der Waals surface area contributed by atoms with Crippen LogP contribution in [0.1, 0.15) is 42.0 Å². The molecule has 1 aromatic carbocycles. The molecule has 4 heteroatoms. The van der Waals surface area contributed by atoms with Gasteiger partial charge in [-0.1, -0.05) is 13.8 Å². The molecule has 0 atom stereocenters. The zero-order valence-corrected chi connectivity index (χ0v) is 14.6. The van der Waals surface area contributed by atoms with Gasteiger partial charge in [-0.15, -0.1) is 0 Å². The van der Waals surface area contributed by atoms with E-state index < -0.39 is 0 Å². The summed E-state index contributed by atoms with van der Waals surface area (Å²) in [6.07, 6.45) is 1.06. The molecule has 0 aliphatic carbocycles. The molecule has 0 saturated heterocycles. The zero-order chi connectivity index (χ0) is 17.0. The summed E-state index contributed by atoms with van der Waals surface area (Å²) in [5.41, 5.74) is 10.4. The van der Waals surface area contributed by atoms with Crippen molar-refractivity contribution in [1.29, 1.82) is 0 Å². The van der Waals surface area contributed by atoms with Gasteiger partial charge in [-0.3, -0.25) is 9.69 Å². The number of likely N-dealkylation sites (N-methyl/N-ethyl adjacent to an activating group) is 1. The maximum absolute atomic E-state index is 12.7. The molecular formula is C19H27N3O. The molecule has 0 bridgehead atoms. The Labute approximate surface area is 138 Å². The van der Waals surface area contributed by atoms with Gasteiger partial charge in [-0.2, -0.15) is 0 Å². The predicted octanol–water partition coefficient (Wildman–Crippen LogP) is 3.59. The first kappa shape index (κ1) is 17.3. The maximum atomic E-state index is 12.7. The lowest BCUT2D eigenvalue weighted by Crippen LogP contribution is -2.30. The van der Waals surface area contributed by atoms with Crippen LogP contribution in [0.15, 0.2) is 30.3 Å².